The molecule has 0 aliphatic rings. The Kier molecular flexibility index (Phi) is 32.9. The third-order valence-electron chi connectivity index (χ3n) is 7.16. The molecule has 1 heterocycles. The van der Waals surface area contributed by atoms with Gasteiger partial charge in [0.05, 0.1) is 0 Å². The number of hydrogen-bond donors (Lipinski definition) is 0. The molecule has 7 aromatic rings. The Hall–Kier alpha value is -0.0978. The number of benzene rings is 6. The monoisotopic (exact) mass is 1370 g/mol. The molecule has 0 aliphatic heterocycles. The second kappa shape index (κ2) is 35.3. The second-order valence-corrected chi connectivity index (χ2v) is 39.7. The molecule has 0 radical (unpaired) electrons. The fourth-order valence-electron chi connectivity index (χ4n) is 4.54. The zero-order valence-electron chi connectivity index (χ0n) is 32.0. The molecule has 0 unspecified atom stereocenters. The van der Waals surface area contributed by atoms with Crippen LogP contribution in [0.3, 0.4) is 0 Å². The molecule has 15 heteroatoms. The average Bonchev–Trinajstić information content (AvgIpc) is 3.69. The summed E-state index contributed by atoms with van der Waals surface area (Å²) in [4.78, 5) is 13.1. The maximum absolute atomic E-state index is 11.1. The third-order valence-corrected chi connectivity index (χ3v) is 34.5. The van der Waals surface area contributed by atoms with Gasteiger partial charge in [-0.05, 0) is 0 Å². The molecule has 0 spiro atoms. The van der Waals surface area contributed by atoms with Crippen molar-refractivity contribution >= 4 is 199 Å². The van der Waals surface area contributed by atoms with E-state index in [1.165, 1.54) is 24.8 Å². The van der Waals surface area contributed by atoms with E-state index in [0.717, 1.165) is 66.1 Å². The van der Waals surface area contributed by atoms with Gasteiger partial charge in [0.2, 0.25) is 0 Å². The van der Waals surface area contributed by atoms with Crippen LogP contribution >= 0.6 is 15.2 Å². The van der Waals surface area contributed by atoms with Gasteiger partial charge in [0.25, 0.3) is 0 Å². The van der Waals surface area contributed by atoms with Crippen LogP contribution in [-0.4, -0.2) is 149 Å². The van der Waals surface area contributed by atoms with Gasteiger partial charge < -0.3 is 0 Å². The second-order valence-electron chi connectivity index (χ2n) is 11.1. The summed E-state index contributed by atoms with van der Waals surface area (Å²) < 4.78 is 4.49. The molecule has 0 fully saturated rings. The molecule has 0 amide bonds. The normalized spacial score (nSPS) is 9.68. The summed E-state index contributed by atoms with van der Waals surface area (Å²) in [5.74, 6) is 0. The van der Waals surface area contributed by atoms with Gasteiger partial charge in [-0.15, -0.1) is 0 Å². The molecular weight excluding hydrogens is 1320 g/mol. The summed E-state index contributed by atoms with van der Waals surface area (Å²) >= 11 is 7.08. The molecule has 1 aromatic heterocycles. The molecule has 0 atom stereocenters. The minimum atomic E-state index is -1.65. The molecule has 296 valence electrons. The van der Waals surface area contributed by atoms with Gasteiger partial charge in [0.1, 0.15) is 0 Å². The number of nitrogens with zero attached hydrogens (tertiary/aromatic N) is 3. The van der Waals surface area contributed by atoms with Gasteiger partial charge >= 0.3 is 441 Å². The van der Waals surface area contributed by atoms with Gasteiger partial charge in [-0.2, -0.15) is 0 Å². The Bertz CT molecular complexity index is 2230. The number of fused-ring (bicyclic) bond motifs is 1. The fraction of sp³-hybridized carbons (Fsp3) is 0.0909. The predicted octanol–water partition coefficient (Wildman–Crippen LogP) is 4.66. The summed E-state index contributed by atoms with van der Waals surface area (Å²) in [5.41, 5.74) is -1.24. The van der Waals surface area contributed by atoms with Crippen molar-refractivity contribution in [1.82, 2.24) is 0 Å². The summed E-state index contributed by atoms with van der Waals surface area (Å²) in [7, 11) is 1.69. The van der Waals surface area contributed by atoms with Crippen LogP contribution in [0.4, 0.5) is 0 Å². The Morgan fingerprint density at radius 2 is 0.915 bits per heavy atom. The van der Waals surface area contributed by atoms with E-state index in [2.05, 4.69) is 184 Å². The SMILES string of the molecule is N#CCC[Se][Se]CCC#N.N#C[Se][K].O=c1[se]sc2ccccc12.[SeH2].[Se]=P(c1ccccc1)(c1ccccc1)c1ccccc1.c1ccc([Se][Se]c2ccccc2)cc1. The molecule has 0 N–H and O–H groups in total. The van der Waals surface area contributed by atoms with Gasteiger partial charge in [-0.3, -0.25) is 0 Å². The molecule has 0 saturated carbocycles. The predicted molar refractivity (Wildman–Crippen MR) is 267 cm³/mol. The molecule has 0 saturated heterocycles. The van der Waals surface area contributed by atoms with Crippen LogP contribution in [0.2, 0.25) is 10.6 Å². The van der Waals surface area contributed by atoms with Gasteiger partial charge in [-0.25, -0.2) is 0 Å². The number of hydrogen-bond acceptors (Lipinski definition) is 5. The Balaban J connectivity index is 0.000000272. The summed E-state index contributed by atoms with van der Waals surface area (Å²) in [6.45, 7) is 0. The quantitative estimate of drug-likeness (QED) is 0.107. The van der Waals surface area contributed by atoms with Crippen LogP contribution < -0.4 is 29.1 Å². The first kappa shape index (κ1) is 55.0. The zero-order valence-corrected chi connectivity index (χ0v) is 51.0. The number of rotatable bonds is 11. The van der Waals surface area contributed by atoms with Crippen molar-refractivity contribution in [3.8, 4) is 17.1 Å². The standard InChI is InChI=1S/C18H15PSe.C12H10Se2.C7H4OSSe.C6H8N2Se2.CHNSe.K.H2Se/c20-19(16-10-4-1-5-11-16,17-12-6-2-7-13-17)18-14-8-3-9-15-18;1-3-7-11(8-4-1)13-14-12-9-5-2-6-10-12;8-7-5-3-1-2-4-6(5)9-10-7;7-3-1-5-9-10-6-2-4-8;2-1-3;;/h1-15H;1-10H;1-4H;1-2,5-6H2;3H;;1H2/q;;;;;+1;/p-1. The van der Waals surface area contributed by atoms with E-state index in [-0.39, 0.29) is 30.4 Å². The van der Waals surface area contributed by atoms with Crippen molar-refractivity contribution in [2.24, 2.45) is 0 Å². The Labute approximate surface area is 433 Å². The van der Waals surface area contributed by atoms with Crippen LogP contribution in [0.5, 0.6) is 0 Å². The van der Waals surface area contributed by atoms with Crippen LogP contribution in [0, 0.1) is 32.9 Å². The van der Waals surface area contributed by atoms with E-state index in [4.69, 9.17) is 15.8 Å². The van der Waals surface area contributed by atoms with E-state index in [0.29, 0.717) is 75.3 Å². The van der Waals surface area contributed by atoms with E-state index in [1.807, 2.05) is 24.3 Å². The fourth-order valence-corrected chi connectivity index (χ4v) is 24.9. The zero-order chi connectivity index (χ0) is 41.5. The van der Waals surface area contributed by atoms with Crippen molar-refractivity contribution < 1.29 is 0 Å². The van der Waals surface area contributed by atoms with Crippen LogP contribution in [-0.2, 0) is 0 Å². The van der Waals surface area contributed by atoms with Crippen molar-refractivity contribution in [3.05, 3.63) is 185 Å². The van der Waals surface area contributed by atoms with Crippen molar-refractivity contribution in [1.29, 1.82) is 15.8 Å². The van der Waals surface area contributed by atoms with E-state index in [1.54, 1.807) is 9.72 Å². The van der Waals surface area contributed by atoms with E-state index >= 15 is 0 Å². The minimum absolute atomic E-state index is 0. The van der Waals surface area contributed by atoms with Gasteiger partial charge in [-0.1, -0.05) is 0 Å². The molecule has 4 nitrogen and oxygen atoms in total. The topological polar surface area (TPSA) is 88.4 Å². The summed E-state index contributed by atoms with van der Waals surface area (Å²) in [6, 6.07) is 65.9. The average molecular weight is 1360 g/mol. The van der Waals surface area contributed by atoms with Gasteiger partial charge in [0, 0.05) is 0 Å². The van der Waals surface area contributed by atoms with Crippen molar-refractivity contribution in [3.63, 3.8) is 0 Å². The Morgan fingerprint density at radius 3 is 1.25 bits per heavy atom. The molecule has 6 aromatic carbocycles. The first-order chi connectivity index (χ1) is 28.5. The molecule has 0 bridgehead atoms. The van der Waals surface area contributed by atoms with Gasteiger partial charge in [0.15, 0.2) is 0 Å². The van der Waals surface area contributed by atoms with Crippen molar-refractivity contribution in [2.75, 3.05) is 0 Å². The molecule has 7 rings (SSSR count). The number of nitriles is 3. The van der Waals surface area contributed by atoms with Crippen LogP contribution in [0.25, 0.3) is 10.1 Å². The van der Waals surface area contributed by atoms with Crippen molar-refractivity contribution in [2.45, 2.75) is 23.5 Å². The third kappa shape index (κ3) is 21.9. The van der Waals surface area contributed by atoms with Crippen LogP contribution in [0.1, 0.15) is 12.8 Å². The molecule has 59 heavy (non-hydrogen) atoms. The first-order valence-electron chi connectivity index (χ1n) is 17.6. The van der Waals surface area contributed by atoms with Crippen LogP contribution in [0.15, 0.2) is 181 Å². The molecular formula is C44H39KN3OPSSe8. The molecule has 0 aliphatic carbocycles. The summed E-state index contributed by atoms with van der Waals surface area (Å²) in [6.07, 6.45) is 1.41. The first-order valence-corrected chi connectivity index (χ1v) is 47.3. The maximum atomic E-state index is 11.1. The van der Waals surface area contributed by atoms with E-state index < -0.39 is 5.51 Å². The Morgan fingerprint density at radius 1 is 0.576 bits per heavy atom. The van der Waals surface area contributed by atoms with E-state index in [9.17, 15) is 4.79 Å². The summed E-state index contributed by atoms with van der Waals surface area (Å²) in [5, 5.41) is 31.3.